The Kier molecular flexibility index (Phi) is 6.64. The first-order valence-electron chi connectivity index (χ1n) is 9.92. The first-order chi connectivity index (χ1) is 12.6. The van der Waals surface area contributed by atoms with Gasteiger partial charge >= 0.3 is 0 Å². The highest BCUT2D eigenvalue weighted by atomic mass is 19.1. The van der Waals surface area contributed by atoms with Gasteiger partial charge in [0.2, 0.25) is 11.8 Å². The Bertz CT molecular complexity index is 628. The summed E-state index contributed by atoms with van der Waals surface area (Å²) in [6.07, 6.45) is 7.94. The van der Waals surface area contributed by atoms with Crippen LogP contribution in [0, 0.1) is 17.7 Å². The Morgan fingerprint density at radius 2 is 2.00 bits per heavy atom. The molecule has 0 radical (unpaired) electrons. The van der Waals surface area contributed by atoms with Gasteiger partial charge in [0.05, 0.1) is 5.92 Å². The van der Waals surface area contributed by atoms with E-state index in [9.17, 15) is 14.0 Å². The third kappa shape index (κ3) is 5.29. The minimum atomic E-state index is -0.257. The van der Waals surface area contributed by atoms with Crippen molar-refractivity contribution in [3.63, 3.8) is 0 Å². The molecule has 0 spiro atoms. The molecule has 1 saturated heterocycles. The van der Waals surface area contributed by atoms with Crippen molar-refractivity contribution in [2.24, 2.45) is 11.8 Å². The smallest absolute Gasteiger partial charge is 0.224 e. The summed E-state index contributed by atoms with van der Waals surface area (Å²) in [4.78, 5) is 26.5. The van der Waals surface area contributed by atoms with Crippen molar-refractivity contribution in [3.05, 3.63) is 35.6 Å². The fourth-order valence-electron chi connectivity index (χ4n) is 4.08. The molecule has 26 heavy (non-hydrogen) atoms. The Balaban J connectivity index is 1.47. The second kappa shape index (κ2) is 9.15. The maximum absolute atomic E-state index is 13.3. The van der Waals surface area contributed by atoms with Gasteiger partial charge in [-0.25, -0.2) is 4.39 Å². The number of carbonyl (C=O) groups is 2. The Morgan fingerprint density at radius 1 is 1.19 bits per heavy atom. The summed E-state index contributed by atoms with van der Waals surface area (Å²) in [5.74, 6) is 0.412. The molecule has 1 saturated carbocycles. The topological polar surface area (TPSA) is 49.4 Å². The highest BCUT2D eigenvalue weighted by Gasteiger charge is 2.30. The lowest BCUT2D eigenvalue weighted by atomic mass is 9.89. The van der Waals surface area contributed by atoms with Crippen LogP contribution in [-0.2, 0) is 16.0 Å². The first-order valence-corrected chi connectivity index (χ1v) is 9.92. The quantitative estimate of drug-likeness (QED) is 0.846. The van der Waals surface area contributed by atoms with Crippen LogP contribution >= 0.6 is 0 Å². The number of likely N-dealkylation sites (tertiary alicyclic amines) is 1. The average Bonchev–Trinajstić information content (AvgIpc) is 2.66. The number of benzene rings is 1. The van der Waals surface area contributed by atoms with E-state index in [0.29, 0.717) is 38.3 Å². The van der Waals surface area contributed by atoms with Gasteiger partial charge in [-0.05, 0) is 49.3 Å². The SMILES string of the molecule is O=C(NCC1CCCCC1)[C@H]1CCC(=O)N(CCc2cccc(F)c2)C1. The van der Waals surface area contributed by atoms with Gasteiger partial charge < -0.3 is 10.2 Å². The molecule has 2 fully saturated rings. The zero-order chi connectivity index (χ0) is 18.4. The number of rotatable bonds is 6. The maximum Gasteiger partial charge on any atom is 0.224 e. The van der Waals surface area contributed by atoms with Gasteiger partial charge in [-0.2, -0.15) is 0 Å². The van der Waals surface area contributed by atoms with Crippen molar-refractivity contribution in [1.29, 1.82) is 0 Å². The van der Waals surface area contributed by atoms with E-state index in [-0.39, 0.29) is 23.5 Å². The molecule has 1 aromatic carbocycles. The minimum absolute atomic E-state index is 0.0822. The van der Waals surface area contributed by atoms with Crippen LogP contribution in [0.3, 0.4) is 0 Å². The molecular formula is C21H29FN2O2. The largest absolute Gasteiger partial charge is 0.356 e. The monoisotopic (exact) mass is 360 g/mol. The van der Waals surface area contributed by atoms with Crippen LogP contribution in [0.2, 0.25) is 0 Å². The molecule has 142 valence electrons. The molecule has 4 nitrogen and oxygen atoms in total. The number of nitrogens with one attached hydrogen (secondary N) is 1. The molecule has 1 aliphatic carbocycles. The van der Waals surface area contributed by atoms with Crippen molar-refractivity contribution in [2.45, 2.75) is 51.4 Å². The molecule has 1 aliphatic heterocycles. The molecule has 2 aliphatic rings. The molecule has 1 N–H and O–H groups in total. The first kappa shape index (κ1) is 18.9. The molecule has 2 amide bonds. The number of amides is 2. The van der Waals surface area contributed by atoms with Crippen molar-refractivity contribution < 1.29 is 14.0 Å². The summed E-state index contributed by atoms with van der Waals surface area (Å²) in [5, 5.41) is 3.11. The Hall–Kier alpha value is -1.91. The number of hydrogen-bond acceptors (Lipinski definition) is 2. The standard InChI is InChI=1S/C21H29FN2O2/c22-19-8-4-7-16(13-19)11-12-24-15-18(9-10-20(24)25)21(26)23-14-17-5-2-1-3-6-17/h4,7-8,13,17-18H,1-3,5-6,9-12,14-15H2,(H,23,26)/t18-/m0/s1. The zero-order valence-electron chi connectivity index (χ0n) is 15.4. The fraction of sp³-hybridized carbons (Fsp3) is 0.619. The maximum atomic E-state index is 13.3. The third-order valence-electron chi connectivity index (χ3n) is 5.72. The van der Waals surface area contributed by atoms with Gasteiger partial charge in [-0.15, -0.1) is 0 Å². The van der Waals surface area contributed by atoms with Gasteiger partial charge in [0.1, 0.15) is 5.82 Å². The van der Waals surface area contributed by atoms with E-state index < -0.39 is 0 Å². The number of halogens is 1. The highest BCUT2D eigenvalue weighted by Crippen LogP contribution is 2.23. The number of piperidine rings is 1. The van der Waals surface area contributed by atoms with E-state index in [1.54, 1.807) is 11.0 Å². The van der Waals surface area contributed by atoms with Crippen molar-refractivity contribution in [1.82, 2.24) is 10.2 Å². The minimum Gasteiger partial charge on any atom is -0.356 e. The van der Waals surface area contributed by atoms with E-state index in [1.807, 2.05) is 6.07 Å². The molecule has 0 aromatic heterocycles. The summed E-state index contributed by atoms with van der Waals surface area (Å²) >= 11 is 0. The summed E-state index contributed by atoms with van der Waals surface area (Å²) in [6, 6.07) is 6.47. The second-order valence-electron chi connectivity index (χ2n) is 7.70. The number of nitrogens with zero attached hydrogens (tertiary/aromatic N) is 1. The van der Waals surface area contributed by atoms with Crippen molar-refractivity contribution in [2.75, 3.05) is 19.6 Å². The van der Waals surface area contributed by atoms with E-state index in [4.69, 9.17) is 0 Å². The van der Waals surface area contributed by atoms with Crippen LogP contribution < -0.4 is 5.32 Å². The highest BCUT2D eigenvalue weighted by molar-refractivity contribution is 5.83. The van der Waals surface area contributed by atoms with Crippen LogP contribution in [0.25, 0.3) is 0 Å². The van der Waals surface area contributed by atoms with Gasteiger partial charge in [-0.1, -0.05) is 31.4 Å². The predicted octanol–water partition coefficient (Wildman–Crippen LogP) is 3.30. The zero-order valence-corrected chi connectivity index (χ0v) is 15.4. The predicted molar refractivity (Wildman–Crippen MR) is 99.0 cm³/mol. The van der Waals surface area contributed by atoms with Crippen molar-refractivity contribution >= 4 is 11.8 Å². The van der Waals surface area contributed by atoms with E-state index in [0.717, 1.165) is 12.1 Å². The van der Waals surface area contributed by atoms with Gasteiger partial charge in [0, 0.05) is 26.1 Å². The van der Waals surface area contributed by atoms with Crippen LogP contribution in [0.5, 0.6) is 0 Å². The van der Waals surface area contributed by atoms with Gasteiger partial charge in [-0.3, -0.25) is 9.59 Å². The third-order valence-corrected chi connectivity index (χ3v) is 5.72. The molecule has 0 bridgehead atoms. The molecular weight excluding hydrogens is 331 g/mol. The van der Waals surface area contributed by atoms with Gasteiger partial charge in [0.15, 0.2) is 0 Å². The lowest BCUT2D eigenvalue weighted by Gasteiger charge is -2.32. The molecule has 3 rings (SSSR count). The van der Waals surface area contributed by atoms with Gasteiger partial charge in [0.25, 0.3) is 0 Å². The number of hydrogen-bond donors (Lipinski definition) is 1. The lowest BCUT2D eigenvalue weighted by Crippen LogP contribution is -2.47. The van der Waals surface area contributed by atoms with Crippen LogP contribution in [0.4, 0.5) is 4.39 Å². The normalized spacial score (nSPS) is 21.7. The summed E-state index contributed by atoms with van der Waals surface area (Å²) in [7, 11) is 0. The molecule has 1 heterocycles. The van der Waals surface area contributed by atoms with E-state index >= 15 is 0 Å². The lowest BCUT2D eigenvalue weighted by molar-refractivity contribution is -0.138. The molecule has 1 atom stereocenters. The molecule has 1 aromatic rings. The van der Waals surface area contributed by atoms with Crippen LogP contribution in [0.1, 0.15) is 50.5 Å². The summed E-state index contributed by atoms with van der Waals surface area (Å²) in [5.41, 5.74) is 0.877. The van der Waals surface area contributed by atoms with E-state index in [1.165, 1.54) is 44.2 Å². The molecule has 0 unspecified atom stereocenters. The second-order valence-corrected chi connectivity index (χ2v) is 7.70. The summed E-state index contributed by atoms with van der Waals surface area (Å²) in [6.45, 7) is 1.78. The van der Waals surface area contributed by atoms with Crippen LogP contribution in [-0.4, -0.2) is 36.3 Å². The average molecular weight is 360 g/mol. The Labute approximate surface area is 155 Å². The Morgan fingerprint density at radius 3 is 2.77 bits per heavy atom. The van der Waals surface area contributed by atoms with Crippen LogP contribution in [0.15, 0.2) is 24.3 Å². The number of carbonyl (C=O) groups excluding carboxylic acids is 2. The molecule has 5 heteroatoms. The summed E-state index contributed by atoms with van der Waals surface area (Å²) < 4.78 is 13.3. The van der Waals surface area contributed by atoms with Crippen molar-refractivity contribution in [3.8, 4) is 0 Å². The fourth-order valence-corrected chi connectivity index (χ4v) is 4.08. The van der Waals surface area contributed by atoms with E-state index in [2.05, 4.69) is 5.32 Å².